The van der Waals surface area contributed by atoms with Crippen molar-refractivity contribution in [1.82, 2.24) is 5.32 Å². The summed E-state index contributed by atoms with van der Waals surface area (Å²) in [5.41, 5.74) is 3.07. The van der Waals surface area contributed by atoms with Gasteiger partial charge in [-0.3, -0.25) is 9.59 Å². The van der Waals surface area contributed by atoms with Crippen LogP contribution in [0.2, 0.25) is 0 Å². The van der Waals surface area contributed by atoms with E-state index in [1.165, 1.54) is 22.9 Å². The van der Waals surface area contributed by atoms with Gasteiger partial charge in [0.1, 0.15) is 0 Å². The average molecular weight is 343 g/mol. The summed E-state index contributed by atoms with van der Waals surface area (Å²) in [5, 5.41) is 12.1. The molecule has 1 unspecified atom stereocenters. The minimum absolute atomic E-state index is 0.100. The van der Waals surface area contributed by atoms with Gasteiger partial charge in [0.25, 0.3) is 0 Å². The molecule has 0 heterocycles. The highest BCUT2D eigenvalue weighted by molar-refractivity contribution is 7.99. The molecule has 1 atom stereocenters. The van der Waals surface area contributed by atoms with Crippen LogP contribution in [-0.2, 0) is 15.3 Å². The van der Waals surface area contributed by atoms with Crippen LogP contribution in [0.5, 0.6) is 0 Å². The fraction of sp³-hybridized carbons (Fsp3) is 0.263. The van der Waals surface area contributed by atoms with Crippen molar-refractivity contribution in [2.75, 3.05) is 12.3 Å². The third kappa shape index (κ3) is 5.74. The van der Waals surface area contributed by atoms with Gasteiger partial charge in [0.05, 0.1) is 11.7 Å². The molecule has 4 nitrogen and oxygen atoms in total. The van der Waals surface area contributed by atoms with Crippen molar-refractivity contribution in [2.24, 2.45) is 0 Å². The Balaban J connectivity index is 1.78. The van der Waals surface area contributed by atoms with Gasteiger partial charge in [-0.05, 0) is 18.1 Å². The van der Waals surface area contributed by atoms with Crippen LogP contribution in [-0.4, -0.2) is 29.3 Å². The number of carboxylic acids is 1. The third-order valence-corrected chi connectivity index (χ3v) is 4.59. The van der Waals surface area contributed by atoms with Gasteiger partial charge in [0.2, 0.25) is 5.91 Å². The topological polar surface area (TPSA) is 66.4 Å². The maximum absolute atomic E-state index is 11.9. The van der Waals surface area contributed by atoms with Crippen LogP contribution in [0.1, 0.15) is 22.6 Å². The lowest BCUT2D eigenvalue weighted by atomic mass is 9.99. The maximum Gasteiger partial charge on any atom is 0.312 e. The maximum atomic E-state index is 11.9. The van der Waals surface area contributed by atoms with Gasteiger partial charge >= 0.3 is 5.97 Å². The summed E-state index contributed by atoms with van der Waals surface area (Å²) < 4.78 is 0. The van der Waals surface area contributed by atoms with Crippen LogP contribution in [0, 0.1) is 6.92 Å². The molecule has 0 fully saturated rings. The Hall–Kier alpha value is -2.27. The van der Waals surface area contributed by atoms with E-state index in [1.54, 1.807) is 24.3 Å². The van der Waals surface area contributed by atoms with E-state index in [0.29, 0.717) is 11.3 Å². The van der Waals surface area contributed by atoms with Gasteiger partial charge in [0, 0.05) is 12.3 Å². The second kappa shape index (κ2) is 9.13. The number of carbonyl (C=O) groups excluding carboxylic acids is 1. The van der Waals surface area contributed by atoms with Gasteiger partial charge in [-0.2, -0.15) is 0 Å². The summed E-state index contributed by atoms with van der Waals surface area (Å²) in [6.07, 6.45) is 0. The second-order valence-electron chi connectivity index (χ2n) is 5.59. The number of thioether (sulfide) groups is 1. The minimum Gasteiger partial charge on any atom is -0.481 e. The molecule has 0 aromatic heterocycles. The molecule has 5 heteroatoms. The van der Waals surface area contributed by atoms with Crippen molar-refractivity contribution < 1.29 is 14.7 Å². The highest BCUT2D eigenvalue weighted by atomic mass is 32.2. The molecule has 0 spiro atoms. The van der Waals surface area contributed by atoms with E-state index in [-0.39, 0.29) is 12.5 Å². The molecule has 0 saturated heterocycles. The predicted molar refractivity (Wildman–Crippen MR) is 97.2 cm³/mol. The van der Waals surface area contributed by atoms with Crippen molar-refractivity contribution in [3.63, 3.8) is 0 Å². The number of benzene rings is 2. The van der Waals surface area contributed by atoms with E-state index in [2.05, 4.69) is 11.4 Å². The highest BCUT2D eigenvalue weighted by Gasteiger charge is 2.20. The largest absolute Gasteiger partial charge is 0.481 e. The summed E-state index contributed by atoms with van der Waals surface area (Å²) in [4.78, 5) is 23.3. The Morgan fingerprint density at radius 2 is 1.88 bits per heavy atom. The molecule has 0 aliphatic heterocycles. The lowest BCUT2D eigenvalue weighted by molar-refractivity contribution is -0.138. The number of nitrogens with one attached hydrogen (secondary N) is 1. The zero-order chi connectivity index (χ0) is 17.4. The zero-order valence-electron chi connectivity index (χ0n) is 13.6. The molecule has 126 valence electrons. The summed E-state index contributed by atoms with van der Waals surface area (Å²) in [5.74, 6) is -0.730. The van der Waals surface area contributed by atoms with Gasteiger partial charge in [-0.15, -0.1) is 11.8 Å². The number of amides is 1. The van der Waals surface area contributed by atoms with E-state index >= 15 is 0 Å². The van der Waals surface area contributed by atoms with Crippen molar-refractivity contribution in [2.45, 2.75) is 18.6 Å². The van der Waals surface area contributed by atoms with E-state index in [0.717, 1.165) is 5.75 Å². The SMILES string of the molecule is Cc1cccc(CSCC(=O)NCC(C(=O)O)c2ccccc2)c1. The number of carboxylic acid groups (broad SMARTS) is 1. The quantitative estimate of drug-likeness (QED) is 0.772. The van der Waals surface area contributed by atoms with Crippen molar-refractivity contribution in [1.29, 1.82) is 0 Å². The number of carbonyl (C=O) groups is 2. The van der Waals surface area contributed by atoms with Crippen LogP contribution in [0.4, 0.5) is 0 Å². The van der Waals surface area contributed by atoms with Crippen LogP contribution in [0.3, 0.4) is 0 Å². The summed E-state index contributed by atoms with van der Waals surface area (Å²) in [6.45, 7) is 2.14. The minimum atomic E-state index is -0.936. The lowest BCUT2D eigenvalue weighted by Crippen LogP contribution is -2.32. The zero-order valence-corrected chi connectivity index (χ0v) is 14.4. The average Bonchev–Trinajstić information content (AvgIpc) is 2.56. The third-order valence-electron chi connectivity index (χ3n) is 3.59. The highest BCUT2D eigenvalue weighted by Crippen LogP contribution is 2.16. The Kier molecular flexibility index (Phi) is 6.88. The molecule has 24 heavy (non-hydrogen) atoms. The molecule has 2 rings (SSSR count). The van der Waals surface area contributed by atoms with Gasteiger partial charge in [-0.25, -0.2) is 0 Å². The molecule has 2 aromatic carbocycles. The summed E-state index contributed by atoms with van der Waals surface area (Å²) >= 11 is 1.52. The van der Waals surface area contributed by atoms with E-state index < -0.39 is 11.9 Å². The smallest absolute Gasteiger partial charge is 0.312 e. The fourth-order valence-corrected chi connectivity index (χ4v) is 3.17. The fourth-order valence-electron chi connectivity index (χ4n) is 2.36. The van der Waals surface area contributed by atoms with Gasteiger partial charge in [-0.1, -0.05) is 60.2 Å². The number of hydrogen-bond donors (Lipinski definition) is 2. The van der Waals surface area contributed by atoms with Gasteiger partial charge in [0.15, 0.2) is 0 Å². The molecule has 0 aliphatic rings. The van der Waals surface area contributed by atoms with Crippen LogP contribution in [0.15, 0.2) is 54.6 Å². The van der Waals surface area contributed by atoms with Crippen LogP contribution in [0.25, 0.3) is 0 Å². The second-order valence-corrected chi connectivity index (χ2v) is 6.57. The number of hydrogen-bond acceptors (Lipinski definition) is 3. The Bertz CT molecular complexity index is 688. The van der Waals surface area contributed by atoms with Crippen molar-refractivity contribution in [3.8, 4) is 0 Å². The monoisotopic (exact) mass is 343 g/mol. The molecule has 2 aromatic rings. The van der Waals surface area contributed by atoms with Crippen molar-refractivity contribution in [3.05, 3.63) is 71.3 Å². The Labute approximate surface area is 146 Å². The summed E-state index contributed by atoms with van der Waals surface area (Å²) in [6, 6.07) is 17.1. The van der Waals surface area contributed by atoms with E-state index in [1.807, 2.05) is 31.2 Å². The normalized spacial score (nSPS) is 11.7. The summed E-state index contributed by atoms with van der Waals surface area (Å²) in [7, 11) is 0. The first-order valence-electron chi connectivity index (χ1n) is 7.74. The predicted octanol–water partition coefficient (Wildman–Crippen LogP) is 3.21. The molecular formula is C19H21NO3S. The lowest BCUT2D eigenvalue weighted by Gasteiger charge is -2.13. The van der Waals surface area contributed by atoms with Crippen LogP contribution < -0.4 is 5.32 Å². The standard InChI is InChI=1S/C19H21NO3S/c1-14-6-5-7-15(10-14)12-24-13-18(21)20-11-17(19(22)23)16-8-3-2-4-9-16/h2-10,17H,11-13H2,1H3,(H,20,21)(H,22,23). The molecule has 1 amide bonds. The number of aliphatic carboxylic acids is 1. The first-order valence-corrected chi connectivity index (χ1v) is 8.89. The molecule has 0 saturated carbocycles. The first kappa shape index (κ1) is 18.1. The van der Waals surface area contributed by atoms with Crippen molar-refractivity contribution >= 4 is 23.6 Å². The Morgan fingerprint density at radius 1 is 1.12 bits per heavy atom. The first-order chi connectivity index (χ1) is 11.6. The molecule has 0 bridgehead atoms. The number of aryl methyl sites for hydroxylation is 1. The van der Waals surface area contributed by atoms with E-state index in [9.17, 15) is 14.7 Å². The van der Waals surface area contributed by atoms with Gasteiger partial charge < -0.3 is 10.4 Å². The molecule has 0 aliphatic carbocycles. The molecular weight excluding hydrogens is 322 g/mol. The van der Waals surface area contributed by atoms with Crippen LogP contribution >= 0.6 is 11.8 Å². The molecule has 2 N–H and O–H groups in total. The van der Waals surface area contributed by atoms with E-state index in [4.69, 9.17) is 0 Å². The Morgan fingerprint density at radius 3 is 2.54 bits per heavy atom. The molecule has 0 radical (unpaired) electrons. The number of rotatable bonds is 8.